The Morgan fingerprint density at radius 3 is 0.704 bits per heavy atom. The first-order valence-electron chi connectivity index (χ1n) is 10.2. The van der Waals surface area contributed by atoms with Crippen LogP contribution in [0.2, 0.25) is 0 Å². The molecule has 0 saturated heterocycles. The molecule has 0 radical (unpaired) electrons. The molecule has 0 bridgehead atoms. The molecule has 0 rings (SSSR count). The maximum atomic E-state index is 2.68. The maximum Gasteiger partial charge on any atom is 0.173 e. The Morgan fingerprint density at radius 1 is 0.444 bits per heavy atom. The molecule has 168 valence electrons. The molecule has 0 unspecified atom stereocenters. The highest BCUT2D eigenvalue weighted by Gasteiger charge is 2.21. The first-order valence-corrected chi connectivity index (χ1v) is 27.5. The second kappa shape index (κ2) is 20.6. The molecule has 0 aromatic rings. The zero-order chi connectivity index (χ0) is 22.3. The van der Waals surface area contributed by atoms with E-state index in [2.05, 4.69) is 162 Å². The van der Waals surface area contributed by atoms with Crippen LogP contribution in [0.25, 0.3) is 0 Å². The summed E-state index contributed by atoms with van der Waals surface area (Å²) in [7, 11) is -0.248. The third kappa shape index (κ3) is 19.2. The van der Waals surface area contributed by atoms with Crippen LogP contribution in [0.15, 0.2) is 0 Å². The lowest BCUT2D eigenvalue weighted by Crippen LogP contribution is -2.52. The normalized spacial score (nSPS) is 12.4. The summed E-state index contributed by atoms with van der Waals surface area (Å²) in [6.45, 7) is 27.6. The van der Waals surface area contributed by atoms with E-state index in [0.29, 0.717) is 28.7 Å². The van der Waals surface area contributed by atoms with Crippen molar-refractivity contribution in [3.05, 3.63) is 0 Å². The van der Waals surface area contributed by atoms with Gasteiger partial charge >= 0.3 is 0 Å². The molecule has 0 aliphatic heterocycles. The van der Waals surface area contributed by atoms with Gasteiger partial charge in [0.2, 0.25) is 0 Å². The van der Waals surface area contributed by atoms with Gasteiger partial charge in [-0.05, 0) is 36.3 Å². The van der Waals surface area contributed by atoms with Gasteiger partial charge in [0.25, 0.3) is 0 Å². The zero-order valence-electron chi connectivity index (χ0n) is 20.1. The summed E-state index contributed by atoms with van der Waals surface area (Å²) in [5, 5.41) is 0. The van der Waals surface area contributed by atoms with Gasteiger partial charge in [0, 0.05) is 0 Å². The van der Waals surface area contributed by atoms with Crippen LogP contribution in [0.3, 0.4) is 0 Å². The van der Waals surface area contributed by atoms with Gasteiger partial charge in [-0.15, -0.1) is 65.4 Å². The fourth-order valence-electron chi connectivity index (χ4n) is 2.91. The van der Waals surface area contributed by atoms with Crippen molar-refractivity contribution in [3.8, 4) is 0 Å². The van der Waals surface area contributed by atoms with E-state index < -0.39 is 0 Å². The predicted molar refractivity (Wildman–Crippen MR) is 164 cm³/mol. The lowest BCUT2D eigenvalue weighted by atomic mass is 10.3. The van der Waals surface area contributed by atoms with Crippen LogP contribution < -0.4 is 0 Å². The minimum absolute atomic E-state index is 0.0364. The number of hydrogen-bond acceptors (Lipinski definition) is 3. The SMILES string of the molecule is CC(C)N([SiH2]I)C(C)C.CC(C)N([SiH2]N(C(C)C)C(C)C)C(C)C.I[SiH2]I. The van der Waals surface area contributed by atoms with Crippen LogP contribution in [0, 0.1) is 0 Å². The van der Waals surface area contributed by atoms with Crippen molar-refractivity contribution in [1.29, 1.82) is 0 Å². The molecule has 0 aromatic heterocycles. The van der Waals surface area contributed by atoms with Crippen molar-refractivity contribution in [2.75, 3.05) is 0 Å². The molecule has 0 aliphatic rings. The van der Waals surface area contributed by atoms with Crippen molar-refractivity contribution in [2.45, 2.75) is 119 Å². The predicted octanol–water partition coefficient (Wildman–Crippen LogP) is 4.62. The quantitative estimate of drug-likeness (QED) is 0.193. The van der Waals surface area contributed by atoms with Gasteiger partial charge in [0.05, 0.1) is 0 Å². The molecule has 0 heterocycles. The molecule has 0 atom stereocenters. The van der Waals surface area contributed by atoms with Crippen LogP contribution >= 0.6 is 65.4 Å². The molecule has 0 amide bonds. The highest BCUT2D eigenvalue weighted by molar-refractivity contribution is 14.3. The van der Waals surface area contributed by atoms with E-state index >= 15 is 0 Å². The number of halogens is 3. The highest BCUT2D eigenvalue weighted by Crippen LogP contribution is 2.10. The number of rotatable bonds is 9. The Kier molecular flexibility index (Phi) is 26.2. The van der Waals surface area contributed by atoms with E-state index in [4.69, 9.17) is 0 Å². The van der Waals surface area contributed by atoms with Crippen LogP contribution in [0.1, 0.15) is 83.1 Å². The van der Waals surface area contributed by atoms with Gasteiger partial charge in [-0.3, -0.25) is 0 Å². The lowest BCUT2D eigenvalue weighted by molar-refractivity contribution is 0.238. The molecule has 0 fully saturated rings. The van der Waals surface area contributed by atoms with Gasteiger partial charge in [0.1, 0.15) is 0 Å². The van der Waals surface area contributed by atoms with Crippen LogP contribution in [0.4, 0.5) is 0 Å². The Bertz CT molecular complexity index is 279. The van der Waals surface area contributed by atoms with Gasteiger partial charge < -0.3 is 13.7 Å². The van der Waals surface area contributed by atoms with Gasteiger partial charge in [0.15, 0.2) is 21.5 Å². The van der Waals surface area contributed by atoms with E-state index in [0.717, 1.165) is 12.1 Å². The van der Waals surface area contributed by atoms with E-state index in [1.165, 1.54) is 0 Å². The van der Waals surface area contributed by atoms with E-state index in [1.807, 2.05) is 0 Å². The van der Waals surface area contributed by atoms with E-state index in [1.54, 1.807) is 0 Å². The van der Waals surface area contributed by atoms with Gasteiger partial charge in [-0.2, -0.15) is 0 Å². The summed E-state index contributed by atoms with van der Waals surface area (Å²) in [4.78, 5) is 0. The Hall–Kier alpha value is 2.72. The molecule has 0 saturated carbocycles. The fraction of sp³-hybridized carbons (Fsp3) is 1.00. The van der Waals surface area contributed by atoms with Gasteiger partial charge in [-0.1, -0.05) is 83.1 Å². The third-order valence-electron chi connectivity index (χ3n) is 4.44. The van der Waals surface area contributed by atoms with Crippen molar-refractivity contribution in [3.63, 3.8) is 0 Å². The van der Waals surface area contributed by atoms with Gasteiger partial charge in [-0.25, -0.2) is 0 Å². The first-order chi connectivity index (χ1) is 12.3. The average molecular weight is 772 g/mol. The molecular weight excluding hydrogens is 723 g/mol. The summed E-state index contributed by atoms with van der Waals surface area (Å²) >= 11 is 7.37. The third-order valence-corrected chi connectivity index (χ3v) is 12.1. The Balaban J connectivity index is -0.000000407. The second-order valence-electron chi connectivity index (χ2n) is 8.47. The molecule has 0 aromatic carbocycles. The molecule has 9 heteroatoms. The van der Waals surface area contributed by atoms with Crippen LogP contribution in [-0.4, -0.2) is 71.5 Å². The monoisotopic (exact) mass is 771 g/mol. The summed E-state index contributed by atoms with van der Waals surface area (Å²) in [6, 6.07) is 4.20. The zero-order valence-corrected chi connectivity index (χ0v) is 30.8. The molecular formula is C18H48I3N3Si3. The fourth-order valence-corrected chi connectivity index (χ4v) is 9.87. The molecule has 27 heavy (non-hydrogen) atoms. The minimum Gasteiger partial charge on any atom is -0.316 e. The summed E-state index contributed by atoms with van der Waals surface area (Å²) in [6.07, 6.45) is 0. The smallest absolute Gasteiger partial charge is 0.173 e. The largest absolute Gasteiger partial charge is 0.316 e. The van der Waals surface area contributed by atoms with Crippen LogP contribution in [-0.2, 0) is 0 Å². The molecule has 0 spiro atoms. The summed E-state index contributed by atoms with van der Waals surface area (Å²) in [5.74, 6) is 0. The number of nitrogens with zero attached hydrogens (tertiary/aromatic N) is 3. The second-order valence-corrected chi connectivity index (χ2v) is 26.8. The Labute approximate surface area is 217 Å². The molecule has 0 aliphatic carbocycles. The molecule has 3 nitrogen and oxygen atoms in total. The van der Waals surface area contributed by atoms with Crippen LogP contribution in [0.5, 0.6) is 0 Å². The maximum absolute atomic E-state index is 2.68. The first kappa shape index (κ1) is 34.3. The highest BCUT2D eigenvalue weighted by atomic mass is 127. The van der Waals surface area contributed by atoms with Crippen molar-refractivity contribution in [2.24, 2.45) is 0 Å². The van der Waals surface area contributed by atoms with Crippen molar-refractivity contribution in [1.82, 2.24) is 13.7 Å². The number of hydrogen-bond donors (Lipinski definition) is 0. The van der Waals surface area contributed by atoms with Crippen molar-refractivity contribution < 1.29 is 0 Å². The standard InChI is InChI=1S/C12H30N2Si.C6H16INSi.H2I2Si/c1-9(2)13(10(3)4)15-14(11(5)6)12(7)8;1-5(2)8(9-7)6(3)4;1-3-2/h9-12H,15H2,1-8H3;5-6H,9H2,1-4H3;3H2. The topological polar surface area (TPSA) is 9.72 Å². The van der Waals surface area contributed by atoms with E-state index in [9.17, 15) is 0 Å². The Morgan fingerprint density at radius 2 is 0.630 bits per heavy atom. The minimum atomic E-state index is -0.284. The average Bonchev–Trinajstić information content (AvgIpc) is 2.47. The lowest BCUT2D eigenvalue weighted by Gasteiger charge is -2.39. The molecule has 0 N–H and O–H groups in total. The summed E-state index contributed by atoms with van der Waals surface area (Å²) in [5.41, 5.74) is 0. The summed E-state index contributed by atoms with van der Waals surface area (Å²) < 4.78 is 8.30. The van der Waals surface area contributed by atoms with E-state index in [-0.39, 0.29) is 17.0 Å². The van der Waals surface area contributed by atoms with Crippen molar-refractivity contribution >= 4 is 86.9 Å².